The number of aryl methyl sites for hydroxylation is 2. The summed E-state index contributed by atoms with van der Waals surface area (Å²) in [4.78, 5) is 39.2. The predicted octanol–water partition coefficient (Wildman–Crippen LogP) is 3.81. The number of nitrogens with zero attached hydrogens (tertiary/aromatic N) is 4. The van der Waals surface area contributed by atoms with Gasteiger partial charge in [-0.15, -0.1) is 0 Å². The van der Waals surface area contributed by atoms with Gasteiger partial charge in [0, 0.05) is 42.7 Å². The molecule has 2 amide bonds. The van der Waals surface area contributed by atoms with Crippen molar-refractivity contribution in [2.24, 2.45) is 5.92 Å². The van der Waals surface area contributed by atoms with E-state index < -0.39 is 0 Å². The maximum Gasteiger partial charge on any atom is 0.232 e. The number of hydrogen-bond donors (Lipinski definition) is 0. The average molecular weight is 433 g/mol. The van der Waals surface area contributed by atoms with Crippen LogP contribution in [0.2, 0.25) is 0 Å². The first kappa shape index (κ1) is 21.1. The predicted molar refractivity (Wildman–Crippen MR) is 123 cm³/mol. The Hall–Kier alpha value is -2.76. The summed E-state index contributed by atoms with van der Waals surface area (Å²) in [5, 5.41) is 0. The maximum absolute atomic E-state index is 12.8. The Morgan fingerprint density at radius 2 is 1.88 bits per heavy atom. The molecule has 0 spiro atoms. The number of rotatable bonds is 6. The summed E-state index contributed by atoms with van der Waals surface area (Å²) in [5.41, 5.74) is 3.16. The lowest BCUT2D eigenvalue weighted by Crippen LogP contribution is -2.33. The standard InChI is InChI=1S/C26H32N4O2/c1-18-22-16-23(31)30(14-7-10-19-8-3-2-4-9-19)25(22)28-24(27-18)21-13-15-29(17-21)26(32)20-11-5-6-12-20/h2-4,8-9,20-21H,5-7,10-17H2,1H3/t21-/m0/s1. The van der Waals surface area contributed by atoms with Gasteiger partial charge in [0.05, 0.1) is 6.42 Å². The summed E-state index contributed by atoms with van der Waals surface area (Å²) < 4.78 is 0. The van der Waals surface area contributed by atoms with E-state index >= 15 is 0 Å². The molecule has 1 aromatic heterocycles. The smallest absolute Gasteiger partial charge is 0.232 e. The quantitative estimate of drug-likeness (QED) is 0.696. The van der Waals surface area contributed by atoms with Gasteiger partial charge in [-0.2, -0.15) is 0 Å². The number of carbonyl (C=O) groups excluding carboxylic acids is 2. The van der Waals surface area contributed by atoms with E-state index in [0.717, 1.165) is 61.5 Å². The van der Waals surface area contributed by atoms with Crippen LogP contribution in [0.4, 0.5) is 5.82 Å². The van der Waals surface area contributed by atoms with Crippen LogP contribution in [0, 0.1) is 12.8 Å². The third-order valence-electron chi connectivity index (χ3n) is 7.35. The highest BCUT2D eigenvalue weighted by molar-refractivity contribution is 6.00. The molecule has 0 bridgehead atoms. The summed E-state index contributed by atoms with van der Waals surface area (Å²) >= 11 is 0. The summed E-state index contributed by atoms with van der Waals surface area (Å²) in [7, 11) is 0. The van der Waals surface area contributed by atoms with E-state index in [4.69, 9.17) is 9.97 Å². The molecular formula is C26H32N4O2. The van der Waals surface area contributed by atoms with E-state index in [9.17, 15) is 9.59 Å². The second-order valence-electron chi connectivity index (χ2n) is 9.53. The molecular weight excluding hydrogens is 400 g/mol. The number of carbonyl (C=O) groups is 2. The van der Waals surface area contributed by atoms with E-state index in [1.807, 2.05) is 22.8 Å². The van der Waals surface area contributed by atoms with E-state index in [1.54, 1.807) is 0 Å². The zero-order valence-electron chi connectivity index (χ0n) is 18.9. The Bertz CT molecular complexity index is 1000. The van der Waals surface area contributed by atoms with Gasteiger partial charge < -0.3 is 4.90 Å². The maximum atomic E-state index is 12.8. The van der Waals surface area contributed by atoms with Gasteiger partial charge in [-0.3, -0.25) is 14.5 Å². The van der Waals surface area contributed by atoms with Crippen molar-refractivity contribution in [3.8, 4) is 0 Å². The highest BCUT2D eigenvalue weighted by Crippen LogP contribution is 2.34. The highest BCUT2D eigenvalue weighted by Gasteiger charge is 2.36. The fourth-order valence-corrected chi connectivity index (χ4v) is 5.50. The molecule has 2 fully saturated rings. The van der Waals surface area contributed by atoms with Gasteiger partial charge >= 0.3 is 0 Å². The summed E-state index contributed by atoms with van der Waals surface area (Å²) in [6.07, 6.45) is 7.56. The lowest BCUT2D eigenvalue weighted by Gasteiger charge is -2.21. The fraction of sp³-hybridized carbons (Fsp3) is 0.538. The monoisotopic (exact) mass is 432 g/mol. The Morgan fingerprint density at radius 3 is 2.66 bits per heavy atom. The molecule has 1 saturated heterocycles. The lowest BCUT2D eigenvalue weighted by atomic mass is 10.1. The molecule has 0 radical (unpaired) electrons. The first-order valence-electron chi connectivity index (χ1n) is 12.1. The van der Waals surface area contributed by atoms with Crippen LogP contribution in [-0.4, -0.2) is 46.3 Å². The largest absolute Gasteiger partial charge is 0.342 e. The van der Waals surface area contributed by atoms with Crippen LogP contribution < -0.4 is 4.90 Å². The second kappa shape index (κ2) is 9.00. The van der Waals surface area contributed by atoms with Gasteiger partial charge in [0.1, 0.15) is 11.6 Å². The van der Waals surface area contributed by atoms with Crippen LogP contribution in [0.3, 0.4) is 0 Å². The van der Waals surface area contributed by atoms with Crippen LogP contribution in [-0.2, 0) is 22.4 Å². The van der Waals surface area contributed by atoms with E-state index in [1.165, 1.54) is 18.4 Å². The Labute approximate surface area is 190 Å². The van der Waals surface area contributed by atoms with E-state index in [0.29, 0.717) is 25.4 Å². The zero-order valence-corrected chi connectivity index (χ0v) is 18.9. The van der Waals surface area contributed by atoms with Crippen molar-refractivity contribution in [1.29, 1.82) is 0 Å². The van der Waals surface area contributed by atoms with Crippen molar-refractivity contribution in [3.63, 3.8) is 0 Å². The molecule has 0 unspecified atom stereocenters. The average Bonchev–Trinajstić information content (AvgIpc) is 3.55. The van der Waals surface area contributed by atoms with Gasteiger partial charge in [-0.05, 0) is 44.6 Å². The molecule has 1 saturated carbocycles. The Kier molecular flexibility index (Phi) is 5.94. The molecule has 1 aliphatic carbocycles. The molecule has 3 heterocycles. The van der Waals surface area contributed by atoms with Gasteiger partial charge in [-0.1, -0.05) is 43.2 Å². The van der Waals surface area contributed by atoms with Crippen molar-refractivity contribution in [2.45, 2.75) is 64.2 Å². The Balaban J connectivity index is 1.28. The summed E-state index contributed by atoms with van der Waals surface area (Å²) in [5.74, 6) is 2.41. The van der Waals surface area contributed by atoms with Crippen molar-refractivity contribution < 1.29 is 9.59 Å². The van der Waals surface area contributed by atoms with Crippen LogP contribution in [0.15, 0.2) is 30.3 Å². The highest BCUT2D eigenvalue weighted by atomic mass is 16.2. The summed E-state index contributed by atoms with van der Waals surface area (Å²) in [6, 6.07) is 10.4. The summed E-state index contributed by atoms with van der Waals surface area (Å²) in [6.45, 7) is 4.16. The van der Waals surface area contributed by atoms with Crippen molar-refractivity contribution in [2.75, 3.05) is 24.5 Å². The SMILES string of the molecule is Cc1nc([C@H]2CCN(C(=O)C3CCCC3)C2)nc2c1CC(=O)N2CCCc1ccccc1. The van der Waals surface area contributed by atoms with Crippen molar-refractivity contribution in [1.82, 2.24) is 14.9 Å². The third kappa shape index (κ3) is 4.15. The van der Waals surface area contributed by atoms with Gasteiger partial charge in [0.2, 0.25) is 11.8 Å². The number of benzene rings is 1. The van der Waals surface area contributed by atoms with Crippen LogP contribution in [0.25, 0.3) is 0 Å². The minimum Gasteiger partial charge on any atom is -0.342 e. The number of anilines is 1. The first-order chi connectivity index (χ1) is 15.6. The molecule has 32 heavy (non-hydrogen) atoms. The molecule has 6 nitrogen and oxygen atoms in total. The number of aromatic nitrogens is 2. The molecule has 5 rings (SSSR count). The van der Waals surface area contributed by atoms with Crippen LogP contribution in [0.5, 0.6) is 0 Å². The number of amides is 2. The fourth-order valence-electron chi connectivity index (χ4n) is 5.50. The number of fused-ring (bicyclic) bond motifs is 1. The Morgan fingerprint density at radius 1 is 1.09 bits per heavy atom. The molecule has 2 aromatic rings. The third-order valence-corrected chi connectivity index (χ3v) is 7.35. The minimum atomic E-state index is 0.118. The molecule has 3 aliphatic rings. The van der Waals surface area contributed by atoms with Crippen LogP contribution in [0.1, 0.15) is 67.1 Å². The molecule has 1 aromatic carbocycles. The molecule has 0 N–H and O–H groups in total. The minimum absolute atomic E-state index is 0.118. The van der Waals surface area contributed by atoms with Crippen LogP contribution >= 0.6 is 0 Å². The van der Waals surface area contributed by atoms with Gasteiger partial charge in [0.25, 0.3) is 0 Å². The van der Waals surface area contributed by atoms with Gasteiger partial charge in [0.15, 0.2) is 0 Å². The van der Waals surface area contributed by atoms with E-state index in [-0.39, 0.29) is 17.7 Å². The van der Waals surface area contributed by atoms with Gasteiger partial charge in [-0.25, -0.2) is 9.97 Å². The molecule has 2 aliphatic heterocycles. The van der Waals surface area contributed by atoms with Crippen molar-refractivity contribution in [3.05, 3.63) is 53.0 Å². The zero-order chi connectivity index (χ0) is 22.1. The molecule has 168 valence electrons. The lowest BCUT2D eigenvalue weighted by molar-refractivity contribution is -0.134. The number of hydrogen-bond acceptors (Lipinski definition) is 4. The second-order valence-corrected chi connectivity index (χ2v) is 9.53. The van der Waals surface area contributed by atoms with Crippen molar-refractivity contribution >= 4 is 17.6 Å². The first-order valence-corrected chi connectivity index (χ1v) is 12.1. The topological polar surface area (TPSA) is 66.4 Å². The molecule has 1 atom stereocenters. The van der Waals surface area contributed by atoms with E-state index in [2.05, 4.69) is 24.3 Å². The normalized spacial score (nSPS) is 20.9. The number of likely N-dealkylation sites (tertiary alicyclic amines) is 1. The molecule has 6 heteroatoms.